The average Bonchev–Trinajstić information content (AvgIpc) is 3.34. The molecule has 0 spiro atoms. The van der Waals surface area contributed by atoms with Gasteiger partial charge in [0.25, 0.3) is 11.6 Å². The lowest BCUT2D eigenvalue weighted by molar-refractivity contribution is -0.384. The fraction of sp³-hybridized carbons (Fsp3) is 0.188. The molecule has 156 valence electrons. The van der Waals surface area contributed by atoms with Gasteiger partial charge in [0.1, 0.15) is 6.54 Å². The minimum Gasteiger partial charge on any atom is -0.350 e. The Kier molecular flexibility index (Phi) is 6.94. The van der Waals surface area contributed by atoms with Crippen LogP contribution < -0.4 is 10.6 Å². The number of rotatable bonds is 8. The molecule has 14 heteroatoms. The number of carbonyl (C=O) groups excluding carboxylic acids is 2. The number of non-ortho nitro benzene ring substituents is 1. The summed E-state index contributed by atoms with van der Waals surface area (Å²) in [7, 11) is 0. The van der Waals surface area contributed by atoms with Crippen LogP contribution in [-0.4, -0.2) is 49.7 Å². The van der Waals surface area contributed by atoms with Crippen LogP contribution in [0.25, 0.3) is 0 Å². The molecule has 0 aliphatic heterocycles. The molecule has 0 saturated carbocycles. The summed E-state index contributed by atoms with van der Waals surface area (Å²) < 4.78 is 7.48. The van der Waals surface area contributed by atoms with Crippen molar-refractivity contribution in [2.45, 2.75) is 6.54 Å². The maximum absolute atomic E-state index is 12.1. The van der Waals surface area contributed by atoms with Gasteiger partial charge in [-0.1, -0.05) is 16.8 Å². The Bertz CT molecular complexity index is 1100. The SMILES string of the molecule is O=C(NCCNC(=O)c1ccc([N+](=O)[O-])cc1Cl)c1nc(Cn2cc(I)cn2)no1. The van der Waals surface area contributed by atoms with Crippen LogP contribution in [0.5, 0.6) is 0 Å². The number of nitro benzene ring substituents is 1. The zero-order valence-corrected chi connectivity index (χ0v) is 18.0. The van der Waals surface area contributed by atoms with Gasteiger partial charge < -0.3 is 15.2 Å². The Morgan fingerprint density at radius 2 is 2.00 bits per heavy atom. The number of nitrogens with one attached hydrogen (secondary N) is 2. The van der Waals surface area contributed by atoms with Gasteiger partial charge in [-0.2, -0.15) is 10.1 Å². The van der Waals surface area contributed by atoms with Gasteiger partial charge in [0.2, 0.25) is 0 Å². The van der Waals surface area contributed by atoms with Gasteiger partial charge in [0.15, 0.2) is 5.82 Å². The van der Waals surface area contributed by atoms with E-state index in [9.17, 15) is 19.7 Å². The first-order valence-corrected chi connectivity index (χ1v) is 9.80. The molecule has 12 nitrogen and oxygen atoms in total. The van der Waals surface area contributed by atoms with Crippen molar-refractivity contribution >= 4 is 51.7 Å². The maximum atomic E-state index is 12.1. The predicted molar refractivity (Wildman–Crippen MR) is 111 cm³/mol. The number of amides is 2. The fourth-order valence-corrected chi connectivity index (χ4v) is 3.01. The molecule has 2 aromatic heterocycles. The molecule has 0 radical (unpaired) electrons. The first-order chi connectivity index (χ1) is 14.3. The van der Waals surface area contributed by atoms with Crippen molar-refractivity contribution < 1.29 is 19.0 Å². The van der Waals surface area contributed by atoms with Gasteiger partial charge in [0, 0.05) is 31.4 Å². The molecule has 0 saturated heterocycles. The van der Waals surface area contributed by atoms with E-state index in [2.05, 4.69) is 48.5 Å². The third kappa shape index (κ3) is 5.50. The normalized spacial score (nSPS) is 10.6. The number of halogens is 2. The predicted octanol–water partition coefficient (Wildman–Crippen LogP) is 1.64. The van der Waals surface area contributed by atoms with Crippen LogP contribution in [-0.2, 0) is 6.54 Å². The highest BCUT2D eigenvalue weighted by atomic mass is 127. The number of carbonyl (C=O) groups is 2. The molecule has 2 heterocycles. The third-order valence-electron chi connectivity index (χ3n) is 3.67. The van der Waals surface area contributed by atoms with E-state index in [4.69, 9.17) is 16.1 Å². The Morgan fingerprint density at radius 1 is 1.27 bits per heavy atom. The zero-order valence-electron chi connectivity index (χ0n) is 15.0. The van der Waals surface area contributed by atoms with Crippen molar-refractivity contribution in [3.8, 4) is 0 Å². The molecule has 2 N–H and O–H groups in total. The van der Waals surface area contributed by atoms with Gasteiger partial charge in [-0.05, 0) is 28.7 Å². The first-order valence-electron chi connectivity index (χ1n) is 8.34. The average molecular weight is 546 g/mol. The van der Waals surface area contributed by atoms with Crippen molar-refractivity contribution in [1.29, 1.82) is 0 Å². The summed E-state index contributed by atoms with van der Waals surface area (Å²) >= 11 is 8.02. The molecule has 1 aromatic carbocycles. The lowest BCUT2D eigenvalue weighted by Crippen LogP contribution is -2.35. The number of nitrogens with zero attached hydrogens (tertiary/aromatic N) is 5. The maximum Gasteiger partial charge on any atom is 0.316 e. The molecular weight excluding hydrogens is 533 g/mol. The summed E-state index contributed by atoms with van der Waals surface area (Å²) in [6.07, 6.45) is 3.46. The standard InChI is InChI=1S/C16H13ClIN7O5/c17-12-5-10(25(28)29)1-2-11(12)14(26)19-3-4-20-15(27)16-22-13(23-30-16)8-24-7-9(18)6-21-24/h1-2,5-7H,3-4,8H2,(H,19,26)(H,20,27). The lowest BCUT2D eigenvalue weighted by Gasteiger charge is -2.07. The molecule has 3 rings (SSSR count). The van der Waals surface area contributed by atoms with Crippen LogP contribution in [0.3, 0.4) is 0 Å². The Labute approximate surface area is 187 Å². The van der Waals surface area contributed by atoms with Crippen LogP contribution >= 0.6 is 34.2 Å². The van der Waals surface area contributed by atoms with Gasteiger partial charge >= 0.3 is 11.8 Å². The van der Waals surface area contributed by atoms with Gasteiger partial charge in [-0.25, -0.2) is 0 Å². The number of aromatic nitrogens is 4. The Hall–Kier alpha value is -3.07. The molecule has 0 fully saturated rings. The quantitative estimate of drug-likeness (QED) is 0.187. The van der Waals surface area contributed by atoms with Crippen LogP contribution in [0.1, 0.15) is 26.9 Å². The van der Waals surface area contributed by atoms with E-state index in [1.807, 2.05) is 0 Å². The zero-order chi connectivity index (χ0) is 21.7. The van der Waals surface area contributed by atoms with Crippen molar-refractivity contribution in [1.82, 2.24) is 30.6 Å². The van der Waals surface area contributed by atoms with Crippen molar-refractivity contribution in [2.75, 3.05) is 13.1 Å². The molecule has 2 amide bonds. The molecule has 30 heavy (non-hydrogen) atoms. The van der Waals surface area contributed by atoms with Crippen molar-refractivity contribution in [3.63, 3.8) is 0 Å². The van der Waals surface area contributed by atoms with Gasteiger partial charge in [0.05, 0.1) is 25.3 Å². The smallest absolute Gasteiger partial charge is 0.316 e. The largest absolute Gasteiger partial charge is 0.350 e. The van der Waals surface area contributed by atoms with E-state index in [-0.39, 0.29) is 41.8 Å². The highest BCUT2D eigenvalue weighted by Gasteiger charge is 2.17. The Morgan fingerprint density at radius 3 is 2.63 bits per heavy atom. The minimum absolute atomic E-state index is 0.0454. The van der Waals surface area contributed by atoms with E-state index in [1.165, 1.54) is 12.1 Å². The topological polar surface area (TPSA) is 158 Å². The van der Waals surface area contributed by atoms with E-state index >= 15 is 0 Å². The number of benzene rings is 1. The third-order valence-corrected chi connectivity index (χ3v) is 4.54. The van der Waals surface area contributed by atoms with E-state index in [1.54, 1.807) is 17.1 Å². The van der Waals surface area contributed by atoms with Gasteiger partial charge in [-0.3, -0.25) is 24.4 Å². The fourth-order valence-electron chi connectivity index (χ4n) is 2.30. The Balaban J connectivity index is 1.46. The summed E-state index contributed by atoms with van der Waals surface area (Å²) in [6.45, 7) is 0.431. The highest BCUT2D eigenvalue weighted by molar-refractivity contribution is 14.1. The van der Waals surface area contributed by atoms with Crippen LogP contribution in [0.2, 0.25) is 5.02 Å². The van der Waals surface area contributed by atoms with E-state index in [0.717, 1.165) is 9.64 Å². The van der Waals surface area contributed by atoms with Crippen LogP contribution in [0.4, 0.5) is 5.69 Å². The van der Waals surface area contributed by atoms with E-state index < -0.39 is 16.7 Å². The number of hydrogen-bond acceptors (Lipinski definition) is 8. The lowest BCUT2D eigenvalue weighted by atomic mass is 10.2. The van der Waals surface area contributed by atoms with E-state index in [0.29, 0.717) is 5.82 Å². The summed E-state index contributed by atoms with van der Waals surface area (Å²) in [5, 5.41) is 23.6. The molecule has 0 aliphatic rings. The monoisotopic (exact) mass is 545 g/mol. The second kappa shape index (κ2) is 9.62. The van der Waals surface area contributed by atoms with Crippen LogP contribution in [0.15, 0.2) is 35.1 Å². The molecule has 0 aliphatic carbocycles. The number of hydrogen-bond donors (Lipinski definition) is 2. The summed E-state index contributed by atoms with van der Waals surface area (Å²) in [6, 6.07) is 3.53. The van der Waals surface area contributed by atoms with Crippen LogP contribution in [0, 0.1) is 13.7 Å². The van der Waals surface area contributed by atoms with Gasteiger partial charge in [-0.15, -0.1) is 0 Å². The summed E-state index contributed by atoms with van der Waals surface area (Å²) in [5.74, 6) is -1.04. The highest BCUT2D eigenvalue weighted by Crippen LogP contribution is 2.22. The summed E-state index contributed by atoms with van der Waals surface area (Å²) in [5.41, 5.74) is -0.131. The molecule has 3 aromatic rings. The van der Waals surface area contributed by atoms with Crippen molar-refractivity contribution in [3.05, 3.63) is 66.6 Å². The second-order valence-corrected chi connectivity index (χ2v) is 7.46. The first kappa shape index (κ1) is 21.6. The molecule has 0 bridgehead atoms. The second-order valence-electron chi connectivity index (χ2n) is 5.80. The summed E-state index contributed by atoms with van der Waals surface area (Å²) in [4.78, 5) is 38.3. The molecule has 0 unspecified atom stereocenters. The molecule has 0 atom stereocenters. The molecular formula is C16H13ClIN7O5. The number of nitro groups is 1. The minimum atomic E-state index is -0.609. The van der Waals surface area contributed by atoms with Crippen molar-refractivity contribution in [2.24, 2.45) is 0 Å².